The summed E-state index contributed by atoms with van der Waals surface area (Å²) in [5.74, 6) is -0.647. The predicted molar refractivity (Wildman–Crippen MR) is 77.9 cm³/mol. The van der Waals surface area contributed by atoms with Gasteiger partial charge in [0.15, 0.2) is 0 Å². The highest BCUT2D eigenvalue weighted by Gasteiger charge is 2.08. The Balaban J connectivity index is 3.25. The molecule has 0 fully saturated rings. The van der Waals surface area contributed by atoms with Crippen LogP contribution in [0.1, 0.15) is 71.1 Å². The van der Waals surface area contributed by atoms with E-state index in [4.69, 9.17) is 0 Å². The van der Waals surface area contributed by atoms with Crippen molar-refractivity contribution in [2.24, 2.45) is 0 Å². The number of carbonyl (C=O) groups excluding carboxylic acids is 2. The molecule has 0 aromatic rings. The first-order valence-corrected chi connectivity index (χ1v) is 7.62. The lowest BCUT2D eigenvalue weighted by Crippen LogP contribution is -2.30. The molecular weight excluding hydrogens is 240 g/mol. The van der Waals surface area contributed by atoms with Crippen molar-refractivity contribution in [1.29, 1.82) is 0 Å². The van der Waals surface area contributed by atoms with Gasteiger partial charge in [-0.05, 0) is 13.5 Å². The molecule has 0 saturated carbocycles. The molecule has 4 heteroatoms. The first-order valence-electron chi connectivity index (χ1n) is 7.62. The molecule has 0 bridgehead atoms. The molecule has 1 N–H and O–H groups in total. The second kappa shape index (κ2) is 13.5. The number of unbranched alkanes of at least 4 members (excludes halogenated alkanes) is 8. The van der Waals surface area contributed by atoms with Gasteiger partial charge in [0.25, 0.3) is 5.91 Å². The largest absolute Gasteiger partial charge is 0.311 e. The van der Waals surface area contributed by atoms with Crippen LogP contribution in [0.2, 0.25) is 0 Å². The van der Waals surface area contributed by atoms with Crippen LogP contribution in [-0.4, -0.2) is 25.4 Å². The first-order chi connectivity index (χ1) is 9.20. The third-order valence-corrected chi connectivity index (χ3v) is 3.07. The van der Waals surface area contributed by atoms with E-state index < -0.39 is 0 Å². The number of nitrogens with zero attached hydrogens (tertiary/aromatic N) is 1. The fourth-order valence-corrected chi connectivity index (χ4v) is 1.97. The summed E-state index contributed by atoms with van der Waals surface area (Å²) >= 11 is 0. The van der Waals surface area contributed by atoms with Crippen molar-refractivity contribution in [3.05, 3.63) is 0 Å². The Bertz CT molecular complexity index is 242. The van der Waals surface area contributed by atoms with Crippen molar-refractivity contribution in [1.82, 2.24) is 10.6 Å². The molecule has 0 aromatic carbocycles. The van der Waals surface area contributed by atoms with Crippen molar-refractivity contribution in [2.75, 3.05) is 13.6 Å². The molecule has 4 nitrogen and oxygen atoms in total. The summed E-state index contributed by atoms with van der Waals surface area (Å²) in [7, 11) is 1.67. The Morgan fingerprint density at radius 3 is 1.89 bits per heavy atom. The molecule has 0 aliphatic rings. The third-order valence-electron chi connectivity index (χ3n) is 3.07. The van der Waals surface area contributed by atoms with Gasteiger partial charge in [-0.2, -0.15) is 5.32 Å². The summed E-state index contributed by atoms with van der Waals surface area (Å²) in [6.45, 7) is 2.37. The van der Waals surface area contributed by atoms with Gasteiger partial charge in [-0.25, -0.2) is 0 Å². The van der Waals surface area contributed by atoms with Crippen molar-refractivity contribution in [3.8, 4) is 0 Å². The smallest absolute Gasteiger partial charge is 0.262 e. The summed E-state index contributed by atoms with van der Waals surface area (Å²) in [6, 6.07) is 0. The van der Waals surface area contributed by atoms with Gasteiger partial charge < -0.3 is 5.32 Å². The molecule has 19 heavy (non-hydrogen) atoms. The monoisotopic (exact) mass is 269 g/mol. The zero-order valence-electron chi connectivity index (χ0n) is 12.5. The maximum Gasteiger partial charge on any atom is 0.262 e. The van der Waals surface area contributed by atoms with Gasteiger partial charge >= 0.3 is 0 Å². The Kier molecular flexibility index (Phi) is 12.9. The van der Waals surface area contributed by atoms with Gasteiger partial charge in [-0.15, -0.1) is 0 Å². The van der Waals surface area contributed by atoms with Crippen LogP contribution in [0.15, 0.2) is 0 Å². The predicted octanol–water partition coefficient (Wildman–Crippen LogP) is 2.78. The van der Waals surface area contributed by atoms with E-state index in [1.165, 1.54) is 44.9 Å². The normalized spacial score (nSPS) is 10.4. The van der Waals surface area contributed by atoms with Crippen LogP contribution >= 0.6 is 0 Å². The lowest BCUT2D eigenvalue weighted by atomic mass is 10.1. The molecule has 0 aromatic heterocycles. The standard InChI is InChI=1S/C15H29N2O2/c1-3-4-5-6-7-8-9-10-11-12-14(18)17-15(19)13-16-2/h16H,3-13H2,1-2H3. The van der Waals surface area contributed by atoms with Crippen LogP contribution in [0, 0.1) is 0 Å². The number of likely N-dealkylation sites (N-methyl/N-ethyl adjacent to an activating group) is 1. The zero-order valence-corrected chi connectivity index (χ0v) is 12.5. The van der Waals surface area contributed by atoms with E-state index in [0.717, 1.165) is 12.8 Å². The van der Waals surface area contributed by atoms with Gasteiger partial charge in [-0.3, -0.25) is 9.59 Å². The molecule has 0 unspecified atom stereocenters. The second-order valence-corrected chi connectivity index (χ2v) is 5.01. The van der Waals surface area contributed by atoms with Crippen LogP contribution in [-0.2, 0) is 9.59 Å². The SMILES string of the molecule is CCCCCCCCCCCC(=O)[N]C(=O)CNC. The summed E-state index contributed by atoms with van der Waals surface area (Å²) < 4.78 is 0. The highest BCUT2D eigenvalue weighted by molar-refractivity contribution is 5.95. The summed E-state index contributed by atoms with van der Waals surface area (Å²) in [5, 5.41) is 6.18. The highest BCUT2D eigenvalue weighted by atomic mass is 16.2. The van der Waals surface area contributed by atoms with Crippen LogP contribution in [0.3, 0.4) is 0 Å². The maximum absolute atomic E-state index is 11.3. The molecule has 111 valence electrons. The van der Waals surface area contributed by atoms with Gasteiger partial charge in [-0.1, -0.05) is 58.3 Å². The van der Waals surface area contributed by atoms with Crippen molar-refractivity contribution >= 4 is 11.8 Å². The third kappa shape index (κ3) is 13.3. The van der Waals surface area contributed by atoms with Crippen LogP contribution in [0.5, 0.6) is 0 Å². The van der Waals surface area contributed by atoms with Gasteiger partial charge in [0, 0.05) is 6.42 Å². The van der Waals surface area contributed by atoms with E-state index in [9.17, 15) is 9.59 Å². The fourth-order valence-electron chi connectivity index (χ4n) is 1.97. The van der Waals surface area contributed by atoms with Crippen molar-refractivity contribution in [3.63, 3.8) is 0 Å². The number of hydrogen-bond acceptors (Lipinski definition) is 3. The molecule has 0 atom stereocenters. The highest BCUT2D eigenvalue weighted by Crippen LogP contribution is 2.10. The van der Waals surface area contributed by atoms with Crippen molar-refractivity contribution < 1.29 is 9.59 Å². The fraction of sp³-hybridized carbons (Fsp3) is 0.867. The van der Waals surface area contributed by atoms with E-state index in [0.29, 0.717) is 6.42 Å². The molecule has 0 heterocycles. The van der Waals surface area contributed by atoms with Gasteiger partial charge in [0.2, 0.25) is 5.91 Å². The minimum atomic E-state index is -0.372. The summed E-state index contributed by atoms with van der Waals surface area (Å²) in [5.41, 5.74) is 0. The molecule has 0 aliphatic carbocycles. The van der Waals surface area contributed by atoms with E-state index >= 15 is 0 Å². The number of rotatable bonds is 12. The van der Waals surface area contributed by atoms with Gasteiger partial charge in [0.1, 0.15) is 0 Å². The number of imide groups is 1. The molecule has 1 radical (unpaired) electrons. The van der Waals surface area contributed by atoms with E-state index in [2.05, 4.69) is 17.6 Å². The Labute approximate surface area is 117 Å². The molecule has 0 spiro atoms. The zero-order chi connectivity index (χ0) is 14.3. The molecular formula is C15H29N2O2. The average molecular weight is 269 g/mol. The summed E-state index contributed by atoms with van der Waals surface area (Å²) in [4.78, 5) is 22.4. The first kappa shape index (κ1) is 18.1. The number of carbonyl (C=O) groups is 2. The number of hydrogen-bond donors (Lipinski definition) is 1. The average Bonchev–Trinajstić information content (AvgIpc) is 2.37. The number of nitrogens with one attached hydrogen (secondary N) is 1. The van der Waals surface area contributed by atoms with E-state index in [1.54, 1.807) is 7.05 Å². The van der Waals surface area contributed by atoms with Crippen LogP contribution in [0.4, 0.5) is 0 Å². The Morgan fingerprint density at radius 2 is 1.37 bits per heavy atom. The molecule has 0 saturated heterocycles. The molecule has 0 rings (SSSR count). The van der Waals surface area contributed by atoms with E-state index in [-0.39, 0.29) is 18.4 Å². The number of amides is 2. The molecule has 0 aliphatic heterocycles. The van der Waals surface area contributed by atoms with Crippen molar-refractivity contribution in [2.45, 2.75) is 71.1 Å². The minimum absolute atomic E-state index is 0.142. The van der Waals surface area contributed by atoms with Crippen LogP contribution < -0.4 is 10.6 Å². The van der Waals surface area contributed by atoms with E-state index in [1.807, 2.05) is 0 Å². The topological polar surface area (TPSA) is 60.3 Å². The maximum atomic E-state index is 11.3. The quantitative estimate of drug-likeness (QED) is 0.554. The molecule has 2 amide bonds. The Hall–Kier alpha value is -0.900. The summed E-state index contributed by atoms with van der Waals surface area (Å²) in [6.07, 6.45) is 11.4. The van der Waals surface area contributed by atoms with Gasteiger partial charge in [0.05, 0.1) is 6.54 Å². The Morgan fingerprint density at radius 1 is 0.842 bits per heavy atom. The minimum Gasteiger partial charge on any atom is -0.311 e. The van der Waals surface area contributed by atoms with Crippen LogP contribution in [0.25, 0.3) is 0 Å². The lowest BCUT2D eigenvalue weighted by molar-refractivity contribution is -0.130. The second-order valence-electron chi connectivity index (χ2n) is 5.01. The lowest BCUT2D eigenvalue weighted by Gasteiger charge is -2.02.